The number of benzene rings is 1. The zero-order valence-corrected chi connectivity index (χ0v) is 10.7. The lowest BCUT2D eigenvalue weighted by molar-refractivity contribution is 0.289. The van der Waals surface area contributed by atoms with Gasteiger partial charge in [-0.05, 0) is 67.4 Å². The van der Waals surface area contributed by atoms with E-state index in [1.165, 1.54) is 43.5 Å². The van der Waals surface area contributed by atoms with Crippen molar-refractivity contribution in [2.75, 3.05) is 20.1 Å². The number of likely N-dealkylation sites (tertiary alicyclic amines) is 1. The normalized spacial score (nSPS) is 32.9. The van der Waals surface area contributed by atoms with Crippen LogP contribution in [0.3, 0.4) is 0 Å². The Kier molecular flexibility index (Phi) is 2.44. The van der Waals surface area contributed by atoms with E-state index in [-0.39, 0.29) is 5.41 Å². The van der Waals surface area contributed by atoms with Crippen LogP contribution in [0.15, 0.2) is 18.2 Å². The summed E-state index contributed by atoms with van der Waals surface area (Å²) in [5.41, 5.74) is 3.11. The van der Waals surface area contributed by atoms with Crippen molar-refractivity contribution in [3.63, 3.8) is 0 Å². The number of aromatic hydroxyl groups is 1. The average molecular weight is 231 g/mol. The van der Waals surface area contributed by atoms with Crippen LogP contribution in [0.2, 0.25) is 0 Å². The quantitative estimate of drug-likeness (QED) is 0.741. The molecule has 0 unspecified atom stereocenters. The van der Waals surface area contributed by atoms with Crippen LogP contribution in [0, 0.1) is 5.92 Å². The smallest absolute Gasteiger partial charge is 0.115 e. The minimum absolute atomic E-state index is 0.266. The lowest BCUT2D eigenvalue weighted by Crippen LogP contribution is -2.32. The molecule has 2 heteroatoms. The highest BCUT2D eigenvalue weighted by molar-refractivity contribution is 5.42. The maximum absolute atomic E-state index is 9.71. The second-order valence-corrected chi connectivity index (χ2v) is 6.19. The maximum atomic E-state index is 9.71. The third-order valence-corrected chi connectivity index (χ3v) is 4.61. The van der Waals surface area contributed by atoms with E-state index in [9.17, 15) is 5.11 Å². The second-order valence-electron chi connectivity index (χ2n) is 6.19. The zero-order chi connectivity index (χ0) is 12.0. The Balaban J connectivity index is 2.07. The molecule has 1 aromatic carbocycles. The number of phenols is 1. The lowest BCUT2D eigenvalue weighted by Gasteiger charge is -2.38. The number of hydrogen-bond acceptors (Lipinski definition) is 2. The highest BCUT2D eigenvalue weighted by atomic mass is 16.3. The average Bonchev–Trinajstić information content (AvgIpc) is 2.39. The Morgan fingerprint density at radius 2 is 2.24 bits per heavy atom. The summed E-state index contributed by atoms with van der Waals surface area (Å²) in [5.74, 6) is 1.20. The Labute approximate surface area is 103 Å². The molecule has 0 aromatic heterocycles. The van der Waals surface area contributed by atoms with Crippen molar-refractivity contribution in [2.45, 2.75) is 31.6 Å². The fraction of sp³-hybridized carbons (Fsp3) is 0.600. The number of rotatable bonds is 0. The molecule has 3 rings (SSSR count). The molecule has 1 saturated heterocycles. The molecule has 1 heterocycles. The van der Waals surface area contributed by atoms with Crippen LogP contribution < -0.4 is 0 Å². The Hall–Kier alpha value is -1.02. The first-order valence-electron chi connectivity index (χ1n) is 6.58. The van der Waals surface area contributed by atoms with Gasteiger partial charge in [0, 0.05) is 6.54 Å². The fourth-order valence-corrected chi connectivity index (χ4v) is 3.77. The van der Waals surface area contributed by atoms with Crippen LogP contribution in [-0.4, -0.2) is 30.1 Å². The van der Waals surface area contributed by atoms with E-state index in [2.05, 4.69) is 24.9 Å². The Morgan fingerprint density at radius 1 is 1.41 bits per heavy atom. The van der Waals surface area contributed by atoms with E-state index in [4.69, 9.17) is 0 Å². The van der Waals surface area contributed by atoms with Crippen LogP contribution in [-0.2, 0) is 11.8 Å². The van der Waals surface area contributed by atoms with Gasteiger partial charge in [0.2, 0.25) is 0 Å². The monoisotopic (exact) mass is 231 g/mol. The summed E-state index contributed by atoms with van der Waals surface area (Å²) >= 11 is 0. The minimum Gasteiger partial charge on any atom is -0.508 e. The summed E-state index contributed by atoms with van der Waals surface area (Å²) in [6, 6.07) is 5.96. The molecule has 1 N–H and O–H groups in total. The van der Waals surface area contributed by atoms with Crippen molar-refractivity contribution in [3.05, 3.63) is 29.3 Å². The molecule has 0 saturated carbocycles. The largest absolute Gasteiger partial charge is 0.508 e. The fourth-order valence-electron chi connectivity index (χ4n) is 3.77. The minimum atomic E-state index is 0.266. The molecule has 0 radical (unpaired) electrons. The van der Waals surface area contributed by atoms with Gasteiger partial charge in [0.15, 0.2) is 0 Å². The zero-order valence-electron chi connectivity index (χ0n) is 10.7. The van der Waals surface area contributed by atoms with Crippen LogP contribution in [0.4, 0.5) is 0 Å². The highest BCUT2D eigenvalue weighted by Gasteiger charge is 2.39. The molecule has 1 aliphatic heterocycles. The SMILES string of the molecule is CN1CC[C@@]2(C)C[C@@H](Cc3ccc(O)cc32)C1. The van der Waals surface area contributed by atoms with Crippen molar-refractivity contribution < 1.29 is 5.11 Å². The molecular weight excluding hydrogens is 210 g/mol. The van der Waals surface area contributed by atoms with Gasteiger partial charge in [-0.25, -0.2) is 0 Å². The third kappa shape index (κ3) is 1.85. The summed E-state index contributed by atoms with van der Waals surface area (Å²) < 4.78 is 0. The van der Waals surface area contributed by atoms with E-state index in [0.717, 1.165) is 5.92 Å². The van der Waals surface area contributed by atoms with Gasteiger partial charge in [0.05, 0.1) is 0 Å². The van der Waals surface area contributed by atoms with Crippen LogP contribution in [0.5, 0.6) is 5.75 Å². The molecule has 0 amide bonds. The van der Waals surface area contributed by atoms with Crippen molar-refractivity contribution in [3.8, 4) is 5.75 Å². The van der Waals surface area contributed by atoms with E-state index in [1.54, 1.807) is 0 Å². The summed E-state index contributed by atoms with van der Waals surface area (Å²) in [6.07, 6.45) is 3.65. The van der Waals surface area contributed by atoms with E-state index in [1.807, 2.05) is 12.1 Å². The predicted molar refractivity (Wildman–Crippen MR) is 69.4 cm³/mol. The second kappa shape index (κ2) is 3.74. The molecule has 1 aliphatic carbocycles. The molecule has 2 aliphatic rings. The molecule has 2 atom stereocenters. The Morgan fingerprint density at radius 3 is 3.06 bits per heavy atom. The van der Waals surface area contributed by atoms with E-state index in [0.29, 0.717) is 5.75 Å². The van der Waals surface area contributed by atoms with Crippen LogP contribution in [0.25, 0.3) is 0 Å². The number of fused-ring (bicyclic) bond motifs is 4. The summed E-state index contributed by atoms with van der Waals surface area (Å²) in [4.78, 5) is 2.46. The van der Waals surface area contributed by atoms with E-state index < -0.39 is 0 Å². The summed E-state index contributed by atoms with van der Waals surface area (Å²) in [6.45, 7) is 4.76. The van der Waals surface area contributed by atoms with Gasteiger partial charge in [-0.1, -0.05) is 13.0 Å². The molecule has 2 bridgehead atoms. The number of phenolic OH excluding ortho intramolecular Hbond substituents is 1. The van der Waals surface area contributed by atoms with Gasteiger partial charge in [-0.3, -0.25) is 0 Å². The maximum Gasteiger partial charge on any atom is 0.115 e. The van der Waals surface area contributed by atoms with Gasteiger partial charge < -0.3 is 10.0 Å². The molecule has 1 fully saturated rings. The van der Waals surface area contributed by atoms with Crippen molar-refractivity contribution >= 4 is 0 Å². The van der Waals surface area contributed by atoms with E-state index >= 15 is 0 Å². The number of nitrogens with zero attached hydrogens (tertiary/aromatic N) is 1. The molecule has 1 aromatic rings. The molecule has 0 spiro atoms. The van der Waals surface area contributed by atoms with Gasteiger partial charge in [-0.15, -0.1) is 0 Å². The van der Waals surface area contributed by atoms with Gasteiger partial charge in [0.1, 0.15) is 5.75 Å². The van der Waals surface area contributed by atoms with Gasteiger partial charge in [-0.2, -0.15) is 0 Å². The lowest BCUT2D eigenvalue weighted by atomic mass is 9.66. The molecular formula is C15H21NO. The standard InChI is InChI=1S/C15H21NO/c1-15-5-6-16(2)10-11(9-15)7-12-3-4-13(17)8-14(12)15/h3-4,8,11,17H,5-7,9-10H2,1-2H3/t11-,15+/m1/s1. The molecule has 92 valence electrons. The first-order valence-corrected chi connectivity index (χ1v) is 6.58. The molecule has 17 heavy (non-hydrogen) atoms. The topological polar surface area (TPSA) is 23.5 Å². The molecule has 2 nitrogen and oxygen atoms in total. The highest BCUT2D eigenvalue weighted by Crippen LogP contribution is 2.45. The summed E-state index contributed by atoms with van der Waals surface area (Å²) in [5, 5.41) is 9.71. The third-order valence-electron chi connectivity index (χ3n) is 4.61. The van der Waals surface area contributed by atoms with Crippen molar-refractivity contribution in [2.24, 2.45) is 5.92 Å². The van der Waals surface area contributed by atoms with Crippen LogP contribution >= 0.6 is 0 Å². The first kappa shape index (κ1) is 11.1. The Bertz CT molecular complexity index is 443. The predicted octanol–water partition coefficient (Wildman–Crippen LogP) is 2.55. The van der Waals surface area contributed by atoms with Gasteiger partial charge >= 0.3 is 0 Å². The van der Waals surface area contributed by atoms with Gasteiger partial charge in [0.25, 0.3) is 0 Å². The summed E-state index contributed by atoms with van der Waals surface area (Å²) in [7, 11) is 2.23. The van der Waals surface area contributed by atoms with Crippen molar-refractivity contribution in [1.82, 2.24) is 4.90 Å². The van der Waals surface area contributed by atoms with Crippen LogP contribution in [0.1, 0.15) is 30.9 Å². The van der Waals surface area contributed by atoms with Crippen molar-refractivity contribution in [1.29, 1.82) is 0 Å². The number of hydrogen-bond donors (Lipinski definition) is 1. The first-order chi connectivity index (χ1) is 8.07.